The molecule has 0 saturated carbocycles. The lowest BCUT2D eigenvalue weighted by atomic mass is 10.1. The van der Waals surface area contributed by atoms with Gasteiger partial charge in [-0.05, 0) is 17.7 Å². The summed E-state index contributed by atoms with van der Waals surface area (Å²) in [5.74, 6) is 0. The molecule has 0 amide bonds. The van der Waals surface area contributed by atoms with Crippen LogP contribution in [0.3, 0.4) is 0 Å². The fourth-order valence-corrected chi connectivity index (χ4v) is 2.38. The van der Waals surface area contributed by atoms with Crippen molar-refractivity contribution in [3.05, 3.63) is 34.3 Å². The molecule has 5 heteroatoms. The fraction of sp³-hybridized carbons (Fsp3) is 0.250. The van der Waals surface area contributed by atoms with Crippen molar-refractivity contribution in [1.82, 2.24) is 4.72 Å². The van der Waals surface area contributed by atoms with Crippen molar-refractivity contribution < 1.29 is 8.39 Å². The van der Waals surface area contributed by atoms with Crippen LogP contribution in [0.2, 0.25) is 0 Å². The zero-order chi connectivity index (χ0) is 9.26. The van der Waals surface area contributed by atoms with E-state index in [4.69, 9.17) is 4.18 Å². The summed E-state index contributed by atoms with van der Waals surface area (Å²) in [5, 5.41) is 0. The van der Waals surface area contributed by atoms with Crippen molar-refractivity contribution in [3.63, 3.8) is 0 Å². The average Bonchev–Trinajstić information content (AvgIpc) is 2.52. The van der Waals surface area contributed by atoms with Gasteiger partial charge in [0.1, 0.15) is 0 Å². The minimum absolute atomic E-state index is 0.0401. The quantitative estimate of drug-likeness (QED) is 0.836. The summed E-state index contributed by atoms with van der Waals surface area (Å²) in [4.78, 5) is 0. The van der Waals surface area contributed by atoms with Crippen LogP contribution in [0.15, 0.2) is 28.7 Å². The molecule has 0 aliphatic carbocycles. The normalized spacial score (nSPS) is 27.8. The van der Waals surface area contributed by atoms with Crippen molar-refractivity contribution in [1.29, 1.82) is 0 Å². The van der Waals surface area contributed by atoms with Gasteiger partial charge in [-0.2, -0.15) is 0 Å². The molecule has 2 rings (SSSR count). The number of nitrogens with one attached hydrogen (secondary N) is 1. The van der Waals surface area contributed by atoms with Crippen LogP contribution in [0.25, 0.3) is 0 Å². The zero-order valence-electron chi connectivity index (χ0n) is 6.70. The van der Waals surface area contributed by atoms with E-state index < -0.39 is 11.3 Å². The predicted molar refractivity (Wildman–Crippen MR) is 54.1 cm³/mol. The molecule has 0 bridgehead atoms. The minimum Gasteiger partial charge on any atom is -0.276 e. The van der Waals surface area contributed by atoms with Crippen molar-refractivity contribution in [2.45, 2.75) is 6.04 Å². The molecule has 2 unspecified atom stereocenters. The van der Waals surface area contributed by atoms with Gasteiger partial charge in [-0.25, -0.2) is 8.93 Å². The van der Waals surface area contributed by atoms with Crippen LogP contribution in [-0.4, -0.2) is 10.8 Å². The van der Waals surface area contributed by atoms with Crippen molar-refractivity contribution in [3.8, 4) is 0 Å². The third-order valence-corrected chi connectivity index (χ3v) is 3.15. The molecule has 0 aromatic heterocycles. The maximum Gasteiger partial charge on any atom is 0.235 e. The highest BCUT2D eigenvalue weighted by atomic mass is 79.9. The van der Waals surface area contributed by atoms with Crippen LogP contribution in [0.5, 0.6) is 0 Å². The third-order valence-electron chi connectivity index (χ3n) is 1.83. The summed E-state index contributed by atoms with van der Waals surface area (Å²) < 4.78 is 19.6. The van der Waals surface area contributed by atoms with Crippen LogP contribution in [0.1, 0.15) is 11.6 Å². The summed E-state index contributed by atoms with van der Waals surface area (Å²) >= 11 is 2.05. The van der Waals surface area contributed by atoms with E-state index in [9.17, 15) is 4.21 Å². The second kappa shape index (κ2) is 3.88. The van der Waals surface area contributed by atoms with Gasteiger partial charge >= 0.3 is 0 Å². The van der Waals surface area contributed by atoms with Gasteiger partial charge in [0, 0.05) is 4.47 Å². The molecule has 1 N–H and O–H groups in total. The van der Waals surface area contributed by atoms with Gasteiger partial charge < -0.3 is 0 Å². The van der Waals surface area contributed by atoms with E-state index in [-0.39, 0.29) is 6.04 Å². The summed E-state index contributed by atoms with van der Waals surface area (Å²) in [6.45, 7) is 0.461. The van der Waals surface area contributed by atoms with Crippen LogP contribution in [0, 0.1) is 0 Å². The van der Waals surface area contributed by atoms with Gasteiger partial charge in [0.05, 0.1) is 12.6 Å². The lowest BCUT2D eigenvalue weighted by Crippen LogP contribution is -2.15. The molecule has 1 aliphatic rings. The van der Waals surface area contributed by atoms with E-state index in [1.807, 2.05) is 24.3 Å². The Balaban J connectivity index is 2.21. The molecule has 1 saturated heterocycles. The molecule has 70 valence electrons. The molecule has 2 atom stereocenters. The monoisotopic (exact) mass is 261 g/mol. The molecule has 0 spiro atoms. The molecule has 3 nitrogen and oxygen atoms in total. The van der Waals surface area contributed by atoms with E-state index in [0.29, 0.717) is 6.61 Å². The van der Waals surface area contributed by atoms with Crippen molar-refractivity contribution in [2.24, 2.45) is 0 Å². The van der Waals surface area contributed by atoms with Crippen molar-refractivity contribution >= 4 is 27.2 Å². The van der Waals surface area contributed by atoms with Gasteiger partial charge in [-0.3, -0.25) is 4.18 Å². The predicted octanol–water partition coefficient (Wildman–Crippen LogP) is 1.69. The number of rotatable bonds is 1. The Kier molecular flexibility index (Phi) is 2.78. The van der Waals surface area contributed by atoms with E-state index in [1.165, 1.54) is 0 Å². The lowest BCUT2D eigenvalue weighted by Gasteiger charge is -2.06. The first-order valence-corrected chi connectivity index (χ1v) is 5.69. The lowest BCUT2D eigenvalue weighted by molar-refractivity contribution is 0.359. The first-order valence-electron chi connectivity index (χ1n) is 3.82. The SMILES string of the molecule is O=S1NC(c2cccc(Br)c2)CO1. The number of hydrogen-bond donors (Lipinski definition) is 1. The van der Waals surface area contributed by atoms with Gasteiger partial charge in [0.25, 0.3) is 0 Å². The zero-order valence-corrected chi connectivity index (χ0v) is 9.10. The molecule has 1 aliphatic heterocycles. The average molecular weight is 262 g/mol. The molecular formula is C8H8BrNO2S. The Hall–Kier alpha value is -0.230. The highest BCUT2D eigenvalue weighted by Crippen LogP contribution is 2.21. The Morgan fingerprint density at radius 3 is 3.08 bits per heavy atom. The summed E-state index contributed by atoms with van der Waals surface area (Å²) in [7, 11) is 0. The summed E-state index contributed by atoms with van der Waals surface area (Å²) in [6, 6.07) is 7.91. The van der Waals surface area contributed by atoms with Crippen LogP contribution >= 0.6 is 15.9 Å². The van der Waals surface area contributed by atoms with Gasteiger partial charge in [-0.1, -0.05) is 28.1 Å². The van der Waals surface area contributed by atoms with E-state index in [1.54, 1.807) is 0 Å². The largest absolute Gasteiger partial charge is 0.276 e. The summed E-state index contributed by atoms with van der Waals surface area (Å²) in [5.41, 5.74) is 1.08. The number of halogens is 1. The van der Waals surface area contributed by atoms with Gasteiger partial charge in [0.15, 0.2) is 0 Å². The molecular weight excluding hydrogens is 254 g/mol. The van der Waals surface area contributed by atoms with Gasteiger partial charge in [0.2, 0.25) is 11.3 Å². The Labute approximate surface area is 87.4 Å². The molecule has 1 aromatic rings. The van der Waals surface area contributed by atoms with Gasteiger partial charge in [-0.15, -0.1) is 0 Å². The fourth-order valence-electron chi connectivity index (χ4n) is 1.20. The highest BCUT2D eigenvalue weighted by molar-refractivity contribution is 9.10. The Bertz CT molecular complexity index is 345. The molecule has 0 radical (unpaired) electrons. The Morgan fingerprint density at radius 1 is 1.62 bits per heavy atom. The maximum absolute atomic E-state index is 10.9. The first kappa shape index (κ1) is 9.33. The third kappa shape index (κ3) is 2.17. The van der Waals surface area contributed by atoms with Crippen LogP contribution in [0.4, 0.5) is 0 Å². The van der Waals surface area contributed by atoms with Crippen LogP contribution < -0.4 is 4.72 Å². The number of hydrogen-bond acceptors (Lipinski definition) is 2. The van der Waals surface area contributed by atoms with E-state index in [0.717, 1.165) is 10.0 Å². The van der Waals surface area contributed by atoms with Crippen LogP contribution in [-0.2, 0) is 15.4 Å². The molecule has 1 heterocycles. The maximum atomic E-state index is 10.9. The van der Waals surface area contributed by atoms with E-state index >= 15 is 0 Å². The van der Waals surface area contributed by atoms with E-state index in [2.05, 4.69) is 20.7 Å². The smallest absolute Gasteiger partial charge is 0.235 e. The van der Waals surface area contributed by atoms with Crippen molar-refractivity contribution in [2.75, 3.05) is 6.61 Å². The minimum atomic E-state index is -1.33. The summed E-state index contributed by atoms with van der Waals surface area (Å²) in [6.07, 6.45) is 0. The second-order valence-corrected chi connectivity index (χ2v) is 4.60. The Morgan fingerprint density at radius 2 is 2.46 bits per heavy atom. The highest BCUT2D eigenvalue weighted by Gasteiger charge is 2.22. The molecule has 1 aromatic carbocycles. The molecule has 1 fully saturated rings. The second-order valence-electron chi connectivity index (χ2n) is 2.74. The number of benzene rings is 1. The topological polar surface area (TPSA) is 38.3 Å². The molecule has 13 heavy (non-hydrogen) atoms. The first-order chi connectivity index (χ1) is 6.25. The standard InChI is InChI=1S/C8H8BrNO2S/c9-7-3-1-2-6(4-7)8-5-12-13(11)10-8/h1-4,8,10H,5H2.